The van der Waals surface area contributed by atoms with Gasteiger partial charge < -0.3 is 9.22 Å². The van der Waals surface area contributed by atoms with Crippen molar-refractivity contribution in [3.63, 3.8) is 0 Å². The van der Waals surface area contributed by atoms with Gasteiger partial charge in [-0.15, -0.1) is 18.3 Å². The smallest absolute Gasteiger partial charge is 0.137 e. The van der Waals surface area contributed by atoms with E-state index in [1.165, 1.54) is 22.9 Å². The van der Waals surface area contributed by atoms with Gasteiger partial charge in [0.2, 0.25) is 0 Å². The first kappa shape index (κ1) is 24.7. The van der Waals surface area contributed by atoms with E-state index in [4.69, 9.17) is 4.74 Å². The number of quaternary nitrogens is 1. The van der Waals surface area contributed by atoms with E-state index in [1.54, 1.807) is 0 Å². The third kappa shape index (κ3) is 4.70. The zero-order valence-electron chi connectivity index (χ0n) is 21.9. The number of fused-ring (bicyclic) bond motifs is 4. The molecule has 5 heterocycles. The lowest BCUT2D eigenvalue weighted by molar-refractivity contribution is -0.985. The van der Waals surface area contributed by atoms with Crippen molar-refractivity contribution in [1.29, 1.82) is 0 Å². The van der Waals surface area contributed by atoms with Crippen molar-refractivity contribution >= 4 is 10.9 Å². The lowest BCUT2D eigenvalue weighted by Gasteiger charge is -2.58. The SMILES string of the molecule is C=CCO[C@H](c1ccnc2ccccc12)[C@@H]1C[C@@H]2CC[N@@+]1(Cc1cn(Cc3ccccc3)nn1)C[C@@H]2C=C. The third-order valence-electron chi connectivity index (χ3n) is 8.66. The highest BCUT2D eigenvalue weighted by Gasteiger charge is 2.55. The molecule has 0 aliphatic carbocycles. The van der Waals surface area contributed by atoms with Crippen LogP contribution in [0.4, 0.5) is 0 Å². The summed E-state index contributed by atoms with van der Waals surface area (Å²) in [5, 5.41) is 10.3. The molecule has 194 valence electrons. The number of piperidine rings is 3. The van der Waals surface area contributed by atoms with Crippen LogP contribution in [0.5, 0.6) is 0 Å². The summed E-state index contributed by atoms with van der Waals surface area (Å²) in [5.74, 6) is 1.14. The zero-order chi connectivity index (χ0) is 26.0. The van der Waals surface area contributed by atoms with Gasteiger partial charge in [0.05, 0.1) is 38.0 Å². The molecular formula is C32H36N5O+. The molecule has 2 aromatic heterocycles. The molecule has 0 saturated carbocycles. The summed E-state index contributed by atoms with van der Waals surface area (Å²) in [7, 11) is 0. The second-order valence-electron chi connectivity index (χ2n) is 10.9. The summed E-state index contributed by atoms with van der Waals surface area (Å²) in [6, 6.07) is 21.3. The average molecular weight is 507 g/mol. The normalized spacial score (nSPS) is 25.3. The molecule has 0 N–H and O–H groups in total. The number of nitrogens with zero attached hydrogens (tertiary/aromatic N) is 5. The van der Waals surface area contributed by atoms with Crippen molar-refractivity contribution in [1.82, 2.24) is 20.0 Å². The van der Waals surface area contributed by atoms with E-state index < -0.39 is 0 Å². The summed E-state index contributed by atoms with van der Waals surface area (Å²) >= 11 is 0. The monoisotopic (exact) mass is 506 g/mol. The molecular weight excluding hydrogens is 470 g/mol. The van der Waals surface area contributed by atoms with E-state index in [2.05, 4.69) is 89.3 Å². The fourth-order valence-corrected chi connectivity index (χ4v) is 6.89. The highest BCUT2D eigenvalue weighted by atomic mass is 16.5. The first-order valence-corrected chi connectivity index (χ1v) is 13.7. The Morgan fingerprint density at radius 1 is 1.08 bits per heavy atom. The number of pyridine rings is 1. The minimum atomic E-state index is -0.0613. The molecule has 0 unspecified atom stereocenters. The number of benzene rings is 2. The van der Waals surface area contributed by atoms with Gasteiger partial charge in [-0.05, 0) is 29.2 Å². The van der Waals surface area contributed by atoms with Crippen LogP contribution in [0.25, 0.3) is 10.9 Å². The molecule has 5 atom stereocenters. The minimum Gasteiger partial charge on any atom is -0.363 e. The van der Waals surface area contributed by atoms with Gasteiger partial charge in [-0.2, -0.15) is 0 Å². The van der Waals surface area contributed by atoms with Crippen LogP contribution in [0, 0.1) is 11.8 Å². The number of aromatic nitrogens is 4. The fraction of sp³-hybridized carbons (Fsp3) is 0.344. The number of para-hydroxylation sites is 1. The molecule has 3 aliphatic rings. The zero-order valence-corrected chi connectivity index (χ0v) is 21.9. The highest BCUT2D eigenvalue weighted by Crippen LogP contribution is 2.49. The quantitative estimate of drug-likeness (QED) is 0.204. The Kier molecular flexibility index (Phi) is 6.92. The minimum absolute atomic E-state index is 0.0613. The van der Waals surface area contributed by atoms with E-state index in [1.807, 2.05) is 29.1 Å². The van der Waals surface area contributed by atoms with Gasteiger partial charge in [-0.25, -0.2) is 4.68 Å². The van der Waals surface area contributed by atoms with Crippen LogP contribution in [0.3, 0.4) is 0 Å². The van der Waals surface area contributed by atoms with Crippen molar-refractivity contribution in [3.05, 3.63) is 115 Å². The molecule has 4 aromatic rings. The maximum Gasteiger partial charge on any atom is 0.137 e. The summed E-state index contributed by atoms with van der Waals surface area (Å²) in [5.41, 5.74) is 4.49. The summed E-state index contributed by atoms with van der Waals surface area (Å²) in [6.45, 7) is 12.4. The first-order valence-electron chi connectivity index (χ1n) is 13.7. The van der Waals surface area contributed by atoms with Crippen molar-refractivity contribution in [2.45, 2.75) is 38.1 Å². The molecule has 38 heavy (non-hydrogen) atoms. The van der Waals surface area contributed by atoms with Gasteiger partial charge in [-0.3, -0.25) is 4.98 Å². The molecule has 0 spiro atoms. The lowest BCUT2D eigenvalue weighted by atomic mass is 9.71. The van der Waals surface area contributed by atoms with Gasteiger partial charge in [0, 0.05) is 30.3 Å². The Hall–Kier alpha value is -3.61. The van der Waals surface area contributed by atoms with Crippen molar-refractivity contribution in [2.24, 2.45) is 11.8 Å². The van der Waals surface area contributed by atoms with Crippen LogP contribution in [-0.4, -0.2) is 50.2 Å². The molecule has 6 heteroatoms. The van der Waals surface area contributed by atoms with E-state index in [9.17, 15) is 0 Å². The summed E-state index contributed by atoms with van der Waals surface area (Å²) in [6.07, 6.45) is 10.3. The van der Waals surface area contributed by atoms with E-state index in [-0.39, 0.29) is 6.10 Å². The highest BCUT2D eigenvalue weighted by molar-refractivity contribution is 5.82. The van der Waals surface area contributed by atoms with Crippen LogP contribution in [0.2, 0.25) is 0 Å². The maximum absolute atomic E-state index is 6.66. The molecule has 6 nitrogen and oxygen atoms in total. The van der Waals surface area contributed by atoms with Gasteiger partial charge in [0.1, 0.15) is 24.4 Å². The van der Waals surface area contributed by atoms with Gasteiger partial charge in [0.25, 0.3) is 0 Å². The molecule has 3 aliphatic heterocycles. The molecule has 3 saturated heterocycles. The molecule has 3 fully saturated rings. The third-order valence-corrected chi connectivity index (χ3v) is 8.66. The summed E-state index contributed by atoms with van der Waals surface area (Å²) in [4.78, 5) is 4.63. The standard InChI is InChI=1S/C32H36N5O/c1-3-18-38-32(29-14-16-33-30-13-9-8-12-28(29)30)31-19-26-15-17-37(31,22-25(26)4-2)23-27-21-36(35-34-27)20-24-10-6-5-7-11-24/h3-14,16,21,25-26,31-32H,1-2,15,17-20,22-23H2/q+1/t25-,26-,31-,32+,37-/m0/s1. The summed E-state index contributed by atoms with van der Waals surface area (Å²) < 4.78 is 9.57. The van der Waals surface area contributed by atoms with Crippen LogP contribution >= 0.6 is 0 Å². The van der Waals surface area contributed by atoms with Crippen LogP contribution in [-0.2, 0) is 17.8 Å². The topological polar surface area (TPSA) is 52.8 Å². The van der Waals surface area contributed by atoms with E-state index in [0.717, 1.165) is 48.3 Å². The van der Waals surface area contributed by atoms with Gasteiger partial charge in [-0.1, -0.05) is 65.9 Å². The number of hydrogen-bond donors (Lipinski definition) is 0. The largest absolute Gasteiger partial charge is 0.363 e. The van der Waals surface area contributed by atoms with Gasteiger partial charge in [0.15, 0.2) is 0 Å². The predicted molar refractivity (Wildman–Crippen MR) is 150 cm³/mol. The Labute approximate surface area is 224 Å². The Morgan fingerprint density at radius 3 is 2.76 bits per heavy atom. The fourth-order valence-electron chi connectivity index (χ4n) is 6.89. The number of rotatable bonds is 10. The van der Waals surface area contributed by atoms with Crippen molar-refractivity contribution in [2.75, 3.05) is 19.7 Å². The second kappa shape index (κ2) is 10.6. The molecule has 2 aromatic carbocycles. The van der Waals surface area contributed by atoms with E-state index >= 15 is 0 Å². The predicted octanol–water partition coefficient (Wildman–Crippen LogP) is 5.73. The lowest BCUT2D eigenvalue weighted by Crippen LogP contribution is -2.67. The average Bonchev–Trinajstić information content (AvgIpc) is 3.40. The Balaban J connectivity index is 1.36. The van der Waals surface area contributed by atoms with E-state index in [0.29, 0.717) is 24.5 Å². The van der Waals surface area contributed by atoms with Crippen molar-refractivity contribution < 1.29 is 9.22 Å². The van der Waals surface area contributed by atoms with Crippen LogP contribution in [0.1, 0.15) is 35.8 Å². The molecule has 2 bridgehead atoms. The van der Waals surface area contributed by atoms with Crippen molar-refractivity contribution in [3.8, 4) is 0 Å². The number of hydrogen-bond acceptors (Lipinski definition) is 4. The Morgan fingerprint density at radius 2 is 1.92 bits per heavy atom. The van der Waals surface area contributed by atoms with Gasteiger partial charge >= 0.3 is 0 Å². The number of ether oxygens (including phenoxy) is 1. The molecule has 0 amide bonds. The first-order chi connectivity index (χ1) is 18.7. The van der Waals surface area contributed by atoms with Crippen LogP contribution < -0.4 is 0 Å². The van der Waals surface area contributed by atoms with Crippen LogP contribution in [0.15, 0.2) is 98.4 Å². The second-order valence-corrected chi connectivity index (χ2v) is 10.9. The molecule has 0 radical (unpaired) electrons. The Bertz CT molecular complexity index is 1410. The molecule has 7 rings (SSSR count). The maximum atomic E-state index is 6.66.